The second-order valence-electron chi connectivity index (χ2n) is 5.39. The summed E-state index contributed by atoms with van der Waals surface area (Å²) >= 11 is 0. The molecule has 6 heteroatoms. The normalized spacial score (nSPS) is 25.9. The monoisotopic (exact) mass is 279 g/mol. The Morgan fingerprint density at radius 3 is 2.60 bits per heavy atom. The lowest BCUT2D eigenvalue weighted by molar-refractivity contribution is -0.133. The Kier molecular flexibility index (Phi) is 3.92. The first kappa shape index (κ1) is 14.3. The van der Waals surface area contributed by atoms with Gasteiger partial charge < -0.3 is 16.3 Å². The summed E-state index contributed by atoms with van der Waals surface area (Å²) in [5.41, 5.74) is 5.54. The van der Waals surface area contributed by atoms with Gasteiger partial charge in [-0.25, -0.2) is 4.39 Å². The van der Waals surface area contributed by atoms with E-state index in [2.05, 4.69) is 10.5 Å². The maximum absolute atomic E-state index is 12.8. The molecule has 1 fully saturated rings. The highest BCUT2D eigenvalue weighted by Gasteiger charge is 2.52. The van der Waals surface area contributed by atoms with Crippen molar-refractivity contribution >= 4 is 11.7 Å². The van der Waals surface area contributed by atoms with Crippen LogP contribution in [0.5, 0.6) is 0 Å². The molecule has 20 heavy (non-hydrogen) atoms. The van der Waals surface area contributed by atoms with Gasteiger partial charge in [0.2, 0.25) is 5.91 Å². The van der Waals surface area contributed by atoms with Crippen LogP contribution in [0.2, 0.25) is 0 Å². The minimum atomic E-state index is -0.909. The first-order valence-electron chi connectivity index (χ1n) is 6.48. The maximum atomic E-state index is 12.8. The van der Waals surface area contributed by atoms with Gasteiger partial charge in [0.25, 0.3) is 0 Å². The Labute approximate surface area is 116 Å². The second-order valence-corrected chi connectivity index (χ2v) is 5.39. The van der Waals surface area contributed by atoms with Crippen molar-refractivity contribution in [2.24, 2.45) is 22.2 Å². The molecule has 2 rings (SSSR count). The van der Waals surface area contributed by atoms with Gasteiger partial charge in [-0.05, 0) is 36.5 Å². The molecule has 1 aliphatic carbocycles. The minimum Gasteiger partial charge on any atom is -0.409 e. The summed E-state index contributed by atoms with van der Waals surface area (Å²) in [6.45, 7) is 2.30. The van der Waals surface area contributed by atoms with Crippen LogP contribution in [0.15, 0.2) is 29.4 Å². The van der Waals surface area contributed by atoms with Gasteiger partial charge in [-0.1, -0.05) is 24.2 Å². The van der Waals surface area contributed by atoms with Crippen LogP contribution < -0.4 is 11.1 Å². The van der Waals surface area contributed by atoms with Crippen LogP contribution >= 0.6 is 0 Å². The molecule has 0 unspecified atom stereocenters. The van der Waals surface area contributed by atoms with Crippen LogP contribution in [0.25, 0.3) is 0 Å². The van der Waals surface area contributed by atoms with Crippen molar-refractivity contribution in [1.82, 2.24) is 5.32 Å². The quantitative estimate of drug-likeness (QED) is 0.338. The van der Waals surface area contributed by atoms with E-state index >= 15 is 0 Å². The molecule has 1 aromatic carbocycles. The number of nitrogens with zero attached hydrogens (tertiary/aromatic N) is 1. The molecule has 108 valence electrons. The molecule has 4 N–H and O–H groups in total. The maximum Gasteiger partial charge on any atom is 0.234 e. The first-order chi connectivity index (χ1) is 9.48. The van der Waals surface area contributed by atoms with E-state index in [9.17, 15) is 9.18 Å². The average molecular weight is 279 g/mol. The minimum absolute atomic E-state index is 0.0489. The van der Waals surface area contributed by atoms with E-state index in [1.165, 1.54) is 12.1 Å². The van der Waals surface area contributed by atoms with Gasteiger partial charge in [-0.15, -0.1) is 0 Å². The summed E-state index contributed by atoms with van der Waals surface area (Å²) in [6, 6.07) is 5.89. The zero-order chi connectivity index (χ0) is 14.8. The van der Waals surface area contributed by atoms with E-state index in [1.54, 1.807) is 12.1 Å². The van der Waals surface area contributed by atoms with E-state index < -0.39 is 5.41 Å². The van der Waals surface area contributed by atoms with Crippen LogP contribution in [-0.4, -0.2) is 17.0 Å². The number of hydrogen-bond acceptors (Lipinski definition) is 3. The Morgan fingerprint density at radius 2 is 2.10 bits per heavy atom. The number of hydrogen-bond donors (Lipinski definition) is 3. The molecule has 1 aromatic rings. The topological polar surface area (TPSA) is 87.7 Å². The summed E-state index contributed by atoms with van der Waals surface area (Å²) < 4.78 is 12.8. The molecule has 5 nitrogen and oxygen atoms in total. The van der Waals surface area contributed by atoms with Crippen molar-refractivity contribution in [2.75, 3.05) is 0 Å². The van der Waals surface area contributed by atoms with Gasteiger partial charge >= 0.3 is 0 Å². The molecule has 0 aliphatic heterocycles. The molecule has 1 aliphatic rings. The third kappa shape index (κ3) is 2.59. The predicted molar refractivity (Wildman–Crippen MR) is 72.5 cm³/mol. The highest BCUT2D eigenvalue weighted by molar-refractivity contribution is 6.07. The molecule has 0 aromatic heterocycles. The lowest BCUT2D eigenvalue weighted by atomic mass is 9.61. The molecular formula is C14H18FN3O2. The lowest BCUT2D eigenvalue weighted by Crippen LogP contribution is -2.56. The number of rotatable bonds is 4. The number of nitrogens with one attached hydrogen (secondary N) is 1. The van der Waals surface area contributed by atoms with Crippen molar-refractivity contribution < 1.29 is 14.4 Å². The zero-order valence-corrected chi connectivity index (χ0v) is 11.3. The Balaban J connectivity index is 2.01. The third-order valence-electron chi connectivity index (χ3n) is 3.79. The van der Waals surface area contributed by atoms with Gasteiger partial charge in [-0.3, -0.25) is 4.79 Å². The number of benzene rings is 1. The molecular weight excluding hydrogens is 261 g/mol. The summed E-state index contributed by atoms with van der Waals surface area (Å²) in [5, 5.41) is 14.6. The fraction of sp³-hybridized carbons (Fsp3) is 0.429. The summed E-state index contributed by atoms with van der Waals surface area (Å²) in [4.78, 5) is 12.3. The molecule has 1 amide bonds. The zero-order valence-electron chi connectivity index (χ0n) is 11.3. The number of halogens is 1. The molecule has 0 spiro atoms. The van der Waals surface area contributed by atoms with Gasteiger partial charge in [-0.2, -0.15) is 0 Å². The van der Waals surface area contributed by atoms with E-state index in [1.807, 2.05) is 6.92 Å². The van der Waals surface area contributed by atoms with Gasteiger partial charge in [0.1, 0.15) is 11.2 Å². The molecule has 0 bridgehead atoms. The van der Waals surface area contributed by atoms with E-state index in [4.69, 9.17) is 10.9 Å². The van der Waals surface area contributed by atoms with Crippen molar-refractivity contribution in [2.45, 2.75) is 26.3 Å². The van der Waals surface area contributed by atoms with Crippen LogP contribution in [0.4, 0.5) is 4.39 Å². The Morgan fingerprint density at radius 1 is 1.50 bits per heavy atom. The number of nitrogens with two attached hydrogens (primary N) is 1. The Bertz CT molecular complexity index is 522. The number of amidine groups is 1. The molecule has 1 saturated carbocycles. The lowest BCUT2D eigenvalue weighted by Gasteiger charge is -2.43. The SMILES string of the molecule is CC1CC(C(=O)NCc2ccc(F)cc2)(/C(N)=N/O)C1. The third-order valence-corrected chi connectivity index (χ3v) is 3.79. The Hall–Kier alpha value is -2.11. The van der Waals surface area contributed by atoms with Gasteiger partial charge in [0, 0.05) is 6.54 Å². The highest BCUT2D eigenvalue weighted by Crippen LogP contribution is 2.45. The van der Waals surface area contributed by atoms with E-state index in [-0.39, 0.29) is 24.1 Å². The highest BCUT2D eigenvalue weighted by atomic mass is 19.1. The summed E-state index contributed by atoms with van der Waals surface area (Å²) in [7, 11) is 0. The van der Waals surface area contributed by atoms with Crippen LogP contribution in [-0.2, 0) is 11.3 Å². The van der Waals surface area contributed by atoms with Crippen molar-refractivity contribution in [1.29, 1.82) is 0 Å². The van der Waals surface area contributed by atoms with Crippen LogP contribution in [0.3, 0.4) is 0 Å². The van der Waals surface area contributed by atoms with Crippen molar-refractivity contribution in [3.8, 4) is 0 Å². The number of carbonyl (C=O) groups excluding carboxylic acids is 1. The summed E-state index contributed by atoms with van der Waals surface area (Å²) in [6.07, 6.45) is 1.14. The van der Waals surface area contributed by atoms with E-state index in [0.29, 0.717) is 18.8 Å². The first-order valence-corrected chi connectivity index (χ1v) is 6.48. The molecule has 0 atom stereocenters. The standard InChI is InChI=1S/C14H18FN3O2/c1-9-6-14(7-9,12(16)18-20)13(19)17-8-10-2-4-11(15)5-3-10/h2-5,9,20H,6-8H2,1H3,(H2,16,18)(H,17,19). The van der Waals surface area contributed by atoms with Gasteiger partial charge in [0.15, 0.2) is 5.84 Å². The summed E-state index contributed by atoms with van der Waals surface area (Å²) in [5.74, 6) is -0.254. The van der Waals surface area contributed by atoms with E-state index in [0.717, 1.165) is 5.56 Å². The van der Waals surface area contributed by atoms with Gasteiger partial charge in [0.05, 0.1) is 0 Å². The van der Waals surface area contributed by atoms with Crippen molar-refractivity contribution in [3.63, 3.8) is 0 Å². The number of carbonyl (C=O) groups is 1. The predicted octanol–water partition coefficient (Wildman–Crippen LogP) is 1.60. The largest absolute Gasteiger partial charge is 0.409 e. The number of amides is 1. The van der Waals surface area contributed by atoms with Crippen molar-refractivity contribution in [3.05, 3.63) is 35.6 Å². The number of oxime groups is 1. The van der Waals surface area contributed by atoms with Crippen LogP contribution in [0.1, 0.15) is 25.3 Å². The fourth-order valence-electron chi connectivity index (χ4n) is 2.69. The second kappa shape index (κ2) is 5.48. The molecule has 0 saturated heterocycles. The molecule has 0 heterocycles. The molecule has 0 radical (unpaired) electrons. The fourth-order valence-corrected chi connectivity index (χ4v) is 2.69. The smallest absolute Gasteiger partial charge is 0.234 e. The average Bonchev–Trinajstić information content (AvgIpc) is 2.41. The van der Waals surface area contributed by atoms with Crippen LogP contribution in [0, 0.1) is 17.2 Å².